The summed E-state index contributed by atoms with van der Waals surface area (Å²) in [6.45, 7) is 2.07. The molecule has 1 aromatic carbocycles. The molecule has 1 amide bonds. The third-order valence-electron chi connectivity index (χ3n) is 3.63. The number of benzene rings is 1. The van der Waals surface area contributed by atoms with Crippen LogP contribution in [-0.2, 0) is 21.4 Å². The summed E-state index contributed by atoms with van der Waals surface area (Å²) in [5, 5.41) is 3.28. The molecular formula is C17H20ClN3O3S. The number of pyridine rings is 1. The van der Waals surface area contributed by atoms with Crippen molar-refractivity contribution in [2.24, 2.45) is 0 Å². The van der Waals surface area contributed by atoms with Gasteiger partial charge < -0.3 is 5.32 Å². The topological polar surface area (TPSA) is 79.4 Å². The highest BCUT2D eigenvalue weighted by Crippen LogP contribution is 2.24. The molecule has 0 spiro atoms. The Morgan fingerprint density at radius 1 is 1.20 bits per heavy atom. The lowest BCUT2D eigenvalue weighted by Crippen LogP contribution is -2.49. The van der Waals surface area contributed by atoms with Crippen LogP contribution in [0.2, 0.25) is 5.02 Å². The molecule has 134 valence electrons. The maximum Gasteiger partial charge on any atom is 0.244 e. The SMILES string of the molecule is CC[C@H](C(=O)NCc1ccncc1)N(c1ccc(Cl)cc1)S(C)(=O)=O. The molecule has 0 aliphatic carbocycles. The van der Waals surface area contributed by atoms with Crippen LogP contribution in [0, 0.1) is 0 Å². The predicted octanol–water partition coefficient (Wildman–Crippen LogP) is 2.60. The first-order chi connectivity index (χ1) is 11.8. The molecule has 2 aromatic rings. The number of amides is 1. The number of nitrogens with one attached hydrogen (secondary N) is 1. The van der Waals surface area contributed by atoms with Crippen LogP contribution in [0.1, 0.15) is 18.9 Å². The normalized spacial score (nSPS) is 12.4. The highest BCUT2D eigenvalue weighted by atomic mass is 35.5. The summed E-state index contributed by atoms with van der Waals surface area (Å²) >= 11 is 5.87. The minimum atomic E-state index is -3.65. The molecule has 0 fully saturated rings. The minimum Gasteiger partial charge on any atom is -0.350 e. The van der Waals surface area contributed by atoms with Crippen molar-refractivity contribution in [2.45, 2.75) is 25.9 Å². The van der Waals surface area contributed by atoms with Crippen molar-refractivity contribution in [3.05, 3.63) is 59.4 Å². The molecular weight excluding hydrogens is 362 g/mol. The number of nitrogens with zero attached hydrogens (tertiary/aromatic N) is 2. The molecule has 0 radical (unpaired) electrons. The van der Waals surface area contributed by atoms with Gasteiger partial charge in [-0.25, -0.2) is 8.42 Å². The molecule has 1 N–H and O–H groups in total. The highest BCUT2D eigenvalue weighted by Gasteiger charge is 2.31. The van der Waals surface area contributed by atoms with Gasteiger partial charge in [-0.15, -0.1) is 0 Å². The van der Waals surface area contributed by atoms with E-state index >= 15 is 0 Å². The van der Waals surface area contributed by atoms with Crippen molar-refractivity contribution < 1.29 is 13.2 Å². The zero-order chi connectivity index (χ0) is 18.4. The standard InChI is InChI=1S/C17H20ClN3O3S/c1-3-16(17(22)20-12-13-8-10-19-11-9-13)21(25(2,23)24)15-6-4-14(18)5-7-15/h4-11,16H,3,12H2,1-2H3,(H,20,22)/t16-/m1/s1. The first-order valence-corrected chi connectivity index (χ1v) is 9.97. The maximum absolute atomic E-state index is 12.6. The second-order valence-electron chi connectivity index (χ2n) is 5.53. The van der Waals surface area contributed by atoms with Gasteiger partial charge in [-0.1, -0.05) is 18.5 Å². The fourth-order valence-corrected chi connectivity index (χ4v) is 3.79. The van der Waals surface area contributed by atoms with Crippen LogP contribution in [0.5, 0.6) is 0 Å². The first-order valence-electron chi connectivity index (χ1n) is 7.74. The number of rotatable bonds is 7. The Morgan fingerprint density at radius 2 is 1.80 bits per heavy atom. The molecule has 8 heteroatoms. The van der Waals surface area contributed by atoms with Gasteiger partial charge in [-0.3, -0.25) is 14.1 Å². The second kappa shape index (κ2) is 8.31. The van der Waals surface area contributed by atoms with Gasteiger partial charge in [0.25, 0.3) is 0 Å². The number of carbonyl (C=O) groups excluding carboxylic acids is 1. The van der Waals surface area contributed by atoms with E-state index in [1.54, 1.807) is 55.7 Å². The van der Waals surface area contributed by atoms with E-state index in [2.05, 4.69) is 10.3 Å². The van der Waals surface area contributed by atoms with Gasteiger partial charge in [0, 0.05) is 24.0 Å². The van der Waals surface area contributed by atoms with E-state index < -0.39 is 16.1 Å². The predicted molar refractivity (Wildman–Crippen MR) is 98.9 cm³/mol. The van der Waals surface area contributed by atoms with Crippen molar-refractivity contribution in [1.29, 1.82) is 0 Å². The monoisotopic (exact) mass is 381 g/mol. The van der Waals surface area contributed by atoms with E-state index in [0.29, 0.717) is 23.7 Å². The third kappa shape index (κ3) is 5.17. The van der Waals surface area contributed by atoms with Crippen LogP contribution in [0.4, 0.5) is 5.69 Å². The molecule has 2 rings (SSSR count). The molecule has 0 aliphatic heterocycles. The second-order valence-corrected chi connectivity index (χ2v) is 7.83. The zero-order valence-corrected chi connectivity index (χ0v) is 15.6. The molecule has 0 saturated carbocycles. The lowest BCUT2D eigenvalue weighted by atomic mass is 10.2. The number of anilines is 1. The number of aromatic nitrogens is 1. The summed E-state index contributed by atoms with van der Waals surface area (Å²) in [7, 11) is -3.65. The molecule has 0 aliphatic rings. The third-order valence-corrected chi connectivity index (χ3v) is 5.06. The zero-order valence-electron chi connectivity index (χ0n) is 14.0. The van der Waals surface area contributed by atoms with Gasteiger partial charge >= 0.3 is 0 Å². The van der Waals surface area contributed by atoms with E-state index in [9.17, 15) is 13.2 Å². The average molecular weight is 382 g/mol. The van der Waals surface area contributed by atoms with Gasteiger partial charge in [-0.05, 0) is 48.4 Å². The largest absolute Gasteiger partial charge is 0.350 e. The fraction of sp³-hybridized carbons (Fsp3) is 0.294. The van der Waals surface area contributed by atoms with Crippen molar-refractivity contribution >= 4 is 33.2 Å². The van der Waals surface area contributed by atoms with E-state index in [0.717, 1.165) is 16.1 Å². The summed E-state index contributed by atoms with van der Waals surface area (Å²) < 4.78 is 25.7. The molecule has 25 heavy (non-hydrogen) atoms. The van der Waals surface area contributed by atoms with Crippen LogP contribution < -0.4 is 9.62 Å². The van der Waals surface area contributed by atoms with Crippen LogP contribution in [-0.4, -0.2) is 31.6 Å². The van der Waals surface area contributed by atoms with E-state index in [-0.39, 0.29) is 5.91 Å². The van der Waals surface area contributed by atoms with E-state index in [1.165, 1.54) is 0 Å². The maximum atomic E-state index is 12.6. The summed E-state index contributed by atoms with van der Waals surface area (Å²) in [6.07, 6.45) is 4.68. The lowest BCUT2D eigenvalue weighted by Gasteiger charge is -2.30. The van der Waals surface area contributed by atoms with Crippen LogP contribution in [0.25, 0.3) is 0 Å². The van der Waals surface area contributed by atoms with Crippen molar-refractivity contribution in [1.82, 2.24) is 10.3 Å². The summed E-state index contributed by atoms with van der Waals surface area (Å²) in [5.41, 5.74) is 1.29. The number of hydrogen-bond acceptors (Lipinski definition) is 4. The molecule has 0 unspecified atom stereocenters. The lowest BCUT2D eigenvalue weighted by molar-refractivity contribution is -0.122. The number of sulfonamides is 1. The molecule has 1 heterocycles. The van der Waals surface area contributed by atoms with Crippen molar-refractivity contribution in [3.63, 3.8) is 0 Å². The summed E-state index contributed by atoms with van der Waals surface area (Å²) in [4.78, 5) is 16.5. The Balaban J connectivity index is 2.23. The van der Waals surface area contributed by atoms with Gasteiger partial charge in [0.05, 0.1) is 11.9 Å². The fourth-order valence-electron chi connectivity index (χ4n) is 2.46. The van der Waals surface area contributed by atoms with E-state index in [1.807, 2.05) is 0 Å². The van der Waals surface area contributed by atoms with Gasteiger partial charge in [-0.2, -0.15) is 0 Å². The molecule has 0 bridgehead atoms. The Bertz CT molecular complexity index is 811. The van der Waals surface area contributed by atoms with Gasteiger partial charge in [0.1, 0.15) is 6.04 Å². The summed E-state index contributed by atoms with van der Waals surface area (Å²) in [5.74, 6) is -0.361. The van der Waals surface area contributed by atoms with Crippen molar-refractivity contribution in [2.75, 3.05) is 10.6 Å². The Kier molecular flexibility index (Phi) is 6.39. The average Bonchev–Trinajstić information content (AvgIpc) is 2.58. The van der Waals surface area contributed by atoms with Gasteiger partial charge in [0.2, 0.25) is 15.9 Å². The van der Waals surface area contributed by atoms with Crippen LogP contribution in [0.15, 0.2) is 48.8 Å². The molecule has 1 aromatic heterocycles. The quantitative estimate of drug-likeness (QED) is 0.799. The Labute approximate surface area is 152 Å². The number of hydrogen-bond donors (Lipinski definition) is 1. The van der Waals surface area contributed by atoms with Crippen LogP contribution in [0.3, 0.4) is 0 Å². The first kappa shape index (κ1) is 19.2. The van der Waals surface area contributed by atoms with Gasteiger partial charge in [0.15, 0.2) is 0 Å². The highest BCUT2D eigenvalue weighted by molar-refractivity contribution is 7.92. The molecule has 0 saturated heterocycles. The molecule has 6 nitrogen and oxygen atoms in total. The van der Waals surface area contributed by atoms with E-state index in [4.69, 9.17) is 11.6 Å². The Hall–Kier alpha value is -2.12. The summed E-state index contributed by atoms with van der Waals surface area (Å²) in [6, 6.07) is 9.08. The Morgan fingerprint density at radius 3 is 2.32 bits per heavy atom. The number of halogens is 1. The number of carbonyl (C=O) groups is 1. The van der Waals surface area contributed by atoms with Crippen LogP contribution >= 0.6 is 11.6 Å². The smallest absolute Gasteiger partial charge is 0.244 e. The van der Waals surface area contributed by atoms with Crippen molar-refractivity contribution in [3.8, 4) is 0 Å². The molecule has 1 atom stereocenters. The minimum absolute atomic E-state index is 0.302.